The Kier molecular flexibility index (Phi) is 6.07. The molecule has 132 valence electrons. The third-order valence-electron chi connectivity index (χ3n) is 4.60. The third kappa shape index (κ3) is 4.47. The van der Waals surface area contributed by atoms with Crippen LogP contribution < -0.4 is 10.2 Å². The fourth-order valence-electron chi connectivity index (χ4n) is 3.22. The van der Waals surface area contributed by atoms with E-state index in [9.17, 15) is 4.79 Å². The molecule has 1 aromatic rings. The molecule has 1 N–H and O–H groups in total. The van der Waals surface area contributed by atoms with Gasteiger partial charge in [0.2, 0.25) is 5.91 Å². The smallest absolute Gasteiger partial charge is 0.224 e. The molecule has 0 bridgehead atoms. The summed E-state index contributed by atoms with van der Waals surface area (Å²) in [6.45, 7) is 6.11. The van der Waals surface area contributed by atoms with Crippen LogP contribution in [0, 0.1) is 0 Å². The van der Waals surface area contributed by atoms with Crippen molar-refractivity contribution in [2.75, 3.05) is 58.0 Å². The van der Waals surface area contributed by atoms with Crippen LogP contribution in [0.5, 0.6) is 0 Å². The van der Waals surface area contributed by atoms with Crippen molar-refractivity contribution in [3.05, 3.63) is 29.8 Å². The summed E-state index contributed by atoms with van der Waals surface area (Å²) in [5.41, 5.74) is 2.39. The van der Waals surface area contributed by atoms with Crippen LogP contribution in [0.15, 0.2) is 24.3 Å². The van der Waals surface area contributed by atoms with Crippen LogP contribution >= 0.6 is 0 Å². The molecule has 0 aromatic heterocycles. The highest BCUT2D eigenvalue weighted by atomic mass is 16.5. The van der Waals surface area contributed by atoms with E-state index < -0.39 is 0 Å². The Morgan fingerprint density at radius 2 is 2.04 bits per heavy atom. The monoisotopic (exact) mass is 333 g/mol. The van der Waals surface area contributed by atoms with Crippen molar-refractivity contribution in [2.24, 2.45) is 0 Å². The SMILES string of the molecule is CN(Cc1ccccc1N1CCOCC1)C(=O)CC1COCCN1. The fourth-order valence-corrected chi connectivity index (χ4v) is 3.22. The van der Waals surface area contributed by atoms with Crippen molar-refractivity contribution < 1.29 is 14.3 Å². The van der Waals surface area contributed by atoms with E-state index >= 15 is 0 Å². The van der Waals surface area contributed by atoms with E-state index in [-0.39, 0.29) is 11.9 Å². The number of carbonyl (C=O) groups excluding carboxylic acids is 1. The molecule has 6 heteroatoms. The van der Waals surface area contributed by atoms with Crippen LogP contribution in [0.2, 0.25) is 0 Å². The van der Waals surface area contributed by atoms with Gasteiger partial charge in [0.15, 0.2) is 0 Å². The zero-order chi connectivity index (χ0) is 16.8. The van der Waals surface area contributed by atoms with Gasteiger partial charge in [-0.05, 0) is 11.6 Å². The average molecular weight is 333 g/mol. The summed E-state index contributed by atoms with van der Waals surface area (Å²) in [5.74, 6) is 0.148. The van der Waals surface area contributed by atoms with E-state index in [0.29, 0.717) is 19.6 Å². The summed E-state index contributed by atoms with van der Waals surface area (Å²) in [4.78, 5) is 16.7. The summed E-state index contributed by atoms with van der Waals surface area (Å²) < 4.78 is 10.9. The first-order valence-electron chi connectivity index (χ1n) is 8.70. The number of morpholine rings is 2. The zero-order valence-electron chi connectivity index (χ0n) is 14.4. The maximum absolute atomic E-state index is 12.5. The van der Waals surface area contributed by atoms with Crippen molar-refractivity contribution in [3.63, 3.8) is 0 Å². The fraction of sp³-hybridized carbons (Fsp3) is 0.611. The lowest BCUT2D eigenvalue weighted by atomic mass is 10.1. The van der Waals surface area contributed by atoms with Gasteiger partial charge in [-0.2, -0.15) is 0 Å². The van der Waals surface area contributed by atoms with Crippen LogP contribution in [-0.4, -0.2) is 70.0 Å². The van der Waals surface area contributed by atoms with Gasteiger partial charge in [0.25, 0.3) is 0 Å². The van der Waals surface area contributed by atoms with E-state index in [2.05, 4.69) is 28.4 Å². The van der Waals surface area contributed by atoms with Crippen molar-refractivity contribution in [2.45, 2.75) is 19.0 Å². The second-order valence-electron chi connectivity index (χ2n) is 6.41. The molecule has 0 radical (unpaired) electrons. The van der Waals surface area contributed by atoms with Gasteiger partial charge in [0, 0.05) is 51.4 Å². The van der Waals surface area contributed by atoms with Gasteiger partial charge in [-0.15, -0.1) is 0 Å². The molecule has 1 atom stereocenters. The van der Waals surface area contributed by atoms with E-state index in [4.69, 9.17) is 9.47 Å². The van der Waals surface area contributed by atoms with Crippen molar-refractivity contribution in [3.8, 4) is 0 Å². The molecule has 2 saturated heterocycles. The second kappa shape index (κ2) is 8.46. The molecule has 1 amide bonds. The molecular formula is C18H27N3O3. The molecule has 2 heterocycles. The Hall–Kier alpha value is -1.63. The molecule has 2 fully saturated rings. The first kappa shape index (κ1) is 17.2. The summed E-state index contributed by atoms with van der Waals surface area (Å²) >= 11 is 0. The Labute approximate surface area is 143 Å². The lowest BCUT2D eigenvalue weighted by Gasteiger charge is -2.32. The summed E-state index contributed by atoms with van der Waals surface area (Å²) in [7, 11) is 1.88. The van der Waals surface area contributed by atoms with E-state index in [1.54, 1.807) is 0 Å². The first-order chi connectivity index (χ1) is 11.7. The summed E-state index contributed by atoms with van der Waals surface area (Å²) in [6.07, 6.45) is 0.482. The minimum Gasteiger partial charge on any atom is -0.378 e. The number of hydrogen-bond acceptors (Lipinski definition) is 5. The molecule has 0 saturated carbocycles. The third-order valence-corrected chi connectivity index (χ3v) is 4.60. The minimum absolute atomic E-state index is 0.128. The highest BCUT2D eigenvalue weighted by Gasteiger charge is 2.21. The van der Waals surface area contributed by atoms with Gasteiger partial charge in [-0.3, -0.25) is 4.79 Å². The summed E-state index contributed by atoms with van der Waals surface area (Å²) in [6, 6.07) is 8.46. The van der Waals surface area contributed by atoms with Gasteiger partial charge in [0.05, 0.1) is 26.4 Å². The second-order valence-corrected chi connectivity index (χ2v) is 6.41. The maximum atomic E-state index is 12.5. The number of rotatable bonds is 5. The van der Waals surface area contributed by atoms with Crippen LogP contribution in [0.1, 0.15) is 12.0 Å². The Bertz CT molecular complexity index is 540. The number of nitrogens with zero attached hydrogens (tertiary/aromatic N) is 2. The molecule has 1 aromatic carbocycles. The molecule has 1 unspecified atom stereocenters. The van der Waals surface area contributed by atoms with Crippen LogP contribution in [0.3, 0.4) is 0 Å². The predicted molar refractivity (Wildman–Crippen MR) is 93.2 cm³/mol. The van der Waals surface area contributed by atoms with Gasteiger partial charge in [-0.25, -0.2) is 0 Å². The molecule has 2 aliphatic rings. The number of benzene rings is 1. The van der Waals surface area contributed by atoms with Gasteiger partial charge in [0.1, 0.15) is 0 Å². The number of nitrogens with one attached hydrogen (secondary N) is 1. The zero-order valence-corrected chi connectivity index (χ0v) is 14.4. The van der Waals surface area contributed by atoms with Gasteiger partial charge in [-0.1, -0.05) is 18.2 Å². The quantitative estimate of drug-likeness (QED) is 0.866. The number of para-hydroxylation sites is 1. The number of hydrogen-bond donors (Lipinski definition) is 1. The highest BCUT2D eigenvalue weighted by molar-refractivity contribution is 5.76. The highest BCUT2D eigenvalue weighted by Crippen LogP contribution is 2.23. The lowest BCUT2D eigenvalue weighted by molar-refractivity contribution is -0.131. The van der Waals surface area contributed by atoms with Crippen molar-refractivity contribution in [1.29, 1.82) is 0 Å². The van der Waals surface area contributed by atoms with E-state index in [1.165, 1.54) is 11.3 Å². The first-order valence-corrected chi connectivity index (χ1v) is 8.70. The average Bonchev–Trinajstić information content (AvgIpc) is 2.63. The Balaban J connectivity index is 1.61. The Morgan fingerprint density at radius 1 is 1.25 bits per heavy atom. The summed E-state index contributed by atoms with van der Waals surface area (Å²) in [5, 5.41) is 3.34. The molecule has 24 heavy (non-hydrogen) atoms. The molecule has 6 nitrogen and oxygen atoms in total. The van der Waals surface area contributed by atoms with Gasteiger partial charge < -0.3 is 24.6 Å². The lowest BCUT2D eigenvalue weighted by Crippen LogP contribution is -2.44. The topological polar surface area (TPSA) is 54.0 Å². The standard InChI is InChI=1S/C18H27N3O3/c1-20(18(22)12-16-14-24-9-6-19-16)13-15-4-2-3-5-17(15)21-7-10-23-11-8-21/h2-5,16,19H,6-14H2,1H3. The Morgan fingerprint density at radius 3 is 2.79 bits per heavy atom. The largest absolute Gasteiger partial charge is 0.378 e. The molecular weight excluding hydrogens is 306 g/mol. The van der Waals surface area contributed by atoms with E-state index in [0.717, 1.165) is 39.5 Å². The van der Waals surface area contributed by atoms with Crippen molar-refractivity contribution >= 4 is 11.6 Å². The predicted octanol–water partition coefficient (Wildman–Crippen LogP) is 0.860. The van der Waals surface area contributed by atoms with Crippen LogP contribution in [0.4, 0.5) is 5.69 Å². The maximum Gasteiger partial charge on any atom is 0.224 e. The van der Waals surface area contributed by atoms with Crippen molar-refractivity contribution in [1.82, 2.24) is 10.2 Å². The molecule has 2 aliphatic heterocycles. The molecule has 3 rings (SSSR count). The van der Waals surface area contributed by atoms with Crippen LogP contribution in [0.25, 0.3) is 0 Å². The number of amides is 1. The molecule has 0 aliphatic carbocycles. The van der Waals surface area contributed by atoms with Gasteiger partial charge >= 0.3 is 0 Å². The number of carbonyl (C=O) groups is 1. The van der Waals surface area contributed by atoms with Crippen LogP contribution in [-0.2, 0) is 20.8 Å². The molecule has 0 spiro atoms. The van der Waals surface area contributed by atoms with E-state index in [1.807, 2.05) is 18.0 Å². The normalized spacial score (nSPS) is 21.5. The number of anilines is 1. The minimum atomic E-state index is 0.128. The number of ether oxygens (including phenoxy) is 2.